The van der Waals surface area contributed by atoms with Gasteiger partial charge in [-0.1, -0.05) is 0 Å². The first kappa shape index (κ1) is 16.6. The molecule has 1 aromatic carbocycles. The van der Waals surface area contributed by atoms with Gasteiger partial charge in [-0.05, 0) is 35.5 Å². The molecule has 3 aromatic rings. The number of benzene rings is 1. The second-order valence-corrected chi connectivity index (χ2v) is 6.86. The summed E-state index contributed by atoms with van der Waals surface area (Å²) in [6, 6.07) is 5.54. The summed E-state index contributed by atoms with van der Waals surface area (Å²) < 4.78 is 38.2. The predicted octanol–water partition coefficient (Wildman–Crippen LogP) is 0.494. The fraction of sp³-hybridized carbons (Fsp3) is 0.0714. The summed E-state index contributed by atoms with van der Waals surface area (Å²) in [7, 11) is -3.98. The van der Waals surface area contributed by atoms with Crippen molar-refractivity contribution in [2.45, 2.75) is 16.2 Å². The number of ketones is 2. The average Bonchev–Trinajstić information content (AvgIpc) is 3.26. The maximum atomic E-state index is 13.0. The number of hydrogen-bond donors (Lipinski definition) is 2. The van der Waals surface area contributed by atoms with Crippen LogP contribution in [0.3, 0.4) is 0 Å². The number of carbonyl (C=O) groups excluding carboxylic acids is 2. The van der Waals surface area contributed by atoms with Crippen molar-refractivity contribution in [2.24, 2.45) is 0 Å². The second-order valence-electron chi connectivity index (χ2n) is 4.94. The summed E-state index contributed by atoms with van der Waals surface area (Å²) in [6.45, 7) is 0. The number of halogens is 1. The van der Waals surface area contributed by atoms with Crippen LogP contribution >= 0.6 is 0 Å². The number of hydrogen-bond acceptors (Lipinski definition) is 7. The molecule has 2 N–H and O–H groups in total. The summed E-state index contributed by atoms with van der Waals surface area (Å²) in [6.07, 6.45) is 0.841. The number of tetrazole rings is 1. The molecule has 9 nitrogen and oxygen atoms in total. The SMILES string of the molecule is O=C(Cc1[nH]ccc1S(=O)(=O)c1ccc(F)cc1)C(=O)c1nn[nH]n1. The third kappa shape index (κ3) is 3.21. The lowest BCUT2D eigenvalue weighted by atomic mass is 10.1. The zero-order valence-electron chi connectivity index (χ0n) is 12.4. The molecular weight excluding hydrogens is 353 g/mol. The van der Waals surface area contributed by atoms with Gasteiger partial charge in [0.2, 0.25) is 21.4 Å². The number of nitrogens with one attached hydrogen (secondary N) is 2. The fourth-order valence-corrected chi connectivity index (χ4v) is 3.59. The molecular formula is C14H10FN5O4S. The van der Waals surface area contributed by atoms with Crippen LogP contribution in [0.25, 0.3) is 0 Å². The summed E-state index contributed by atoms with van der Waals surface area (Å²) in [4.78, 5) is 26.2. The van der Waals surface area contributed by atoms with E-state index < -0.39 is 39.5 Å². The molecule has 0 aliphatic heterocycles. The normalized spacial score (nSPS) is 11.4. The standard InChI is InChI=1S/C14H10FN5O4S/c15-8-1-3-9(4-2-8)25(23,24)12-5-6-16-10(12)7-11(21)13(22)14-17-19-20-18-14/h1-6,16H,7H2,(H,17,18,19,20). The van der Waals surface area contributed by atoms with Gasteiger partial charge in [-0.2, -0.15) is 5.21 Å². The molecule has 0 atom stereocenters. The van der Waals surface area contributed by atoms with Gasteiger partial charge >= 0.3 is 0 Å². The van der Waals surface area contributed by atoms with Crippen molar-refractivity contribution in [3.63, 3.8) is 0 Å². The molecule has 2 heterocycles. The van der Waals surface area contributed by atoms with Crippen molar-refractivity contribution < 1.29 is 22.4 Å². The number of aromatic nitrogens is 5. The lowest BCUT2D eigenvalue weighted by Crippen LogP contribution is -2.19. The third-order valence-electron chi connectivity index (χ3n) is 3.34. The lowest BCUT2D eigenvalue weighted by Gasteiger charge is -2.05. The highest BCUT2D eigenvalue weighted by Crippen LogP contribution is 2.24. The van der Waals surface area contributed by atoms with E-state index >= 15 is 0 Å². The second kappa shape index (κ2) is 6.36. The Morgan fingerprint density at radius 1 is 1.12 bits per heavy atom. The van der Waals surface area contributed by atoms with E-state index in [-0.39, 0.29) is 15.5 Å². The minimum atomic E-state index is -3.98. The van der Waals surface area contributed by atoms with Gasteiger partial charge in [0.1, 0.15) is 5.82 Å². The molecule has 0 saturated heterocycles. The van der Waals surface area contributed by atoms with Crippen LogP contribution in [0.2, 0.25) is 0 Å². The molecule has 3 rings (SSSR count). The van der Waals surface area contributed by atoms with Gasteiger partial charge in [0, 0.05) is 11.9 Å². The Labute approximate surface area is 140 Å². The zero-order valence-corrected chi connectivity index (χ0v) is 13.2. The number of sulfone groups is 1. The number of aromatic amines is 2. The van der Waals surface area contributed by atoms with Crippen molar-refractivity contribution in [1.29, 1.82) is 0 Å². The highest BCUT2D eigenvalue weighted by atomic mass is 32.2. The van der Waals surface area contributed by atoms with Crippen LogP contribution in [0, 0.1) is 5.82 Å². The molecule has 25 heavy (non-hydrogen) atoms. The van der Waals surface area contributed by atoms with E-state index in [1.165, 1.54) is 12.3 Å². The monoisotopic (exact) mass is 363 g/mol. The van der Waals surface area contributed by atoms with Crippen LogP contribution in [-0.4, -0.2) is 45.6 Å². The number of carbonyl (C=O) groups is 2. The van der Waals surface area contributed by atoms with E-state index in [0.29, 0.717) is 0 Å². The molecule has 0 bridgehead atoms. The van der Waals surface area contributed by atoms with Crippen molar-refractivity contribution in [3.8, 4) is 0 Å². The molecule has 0 aliphatic carbocycles. The van der Waals surface area contributed by atoms with E-state index in [1.54, 1.807) is 0 Å². The number of Topliss-reactive ketones (excluding diaryl/α,β-unsaturated/α-hetero) is 2. The van der Waals surface area contributed by atoms with Gasteiger partial charge in [0.25, 0.3) is 5.78 Å². The number of nitrogens with zero attached hydrogens (tertiary/aromatic N) is 3. The predicted molar refractivity (Wildman–Crippen MR) is 79.9 cm³/mol. The van der Waals surface area contributed by atoms with Crippen LogP contribution < -0.4 is 0 Å². The molecule has 128 valence electrons. The highest BCUT2D eigenvalue weighted by Gasteiger charge is 2.27. The molecule has 0 aliphatic rings. The summed E-state index contributed by atoms with van der Waals surface area (Å²) in [5, 5.41) is 12.1. The van der Waals surface area contributed by atoms with Crippen LogP contribution in [0.5, 0.6) is 0 Å². The first-order chi connectivity index (χ1) is 11.9. The van der Waals surface area contributed by atoms with Crippen molar-refractivity contribution >= 4 is 21.4 Å². The minimum absolute atomic E-state index is 0.0335. The van der Waals surface area contributed by atoms with Crippen LogP contribution in [-0.2, 0) is 21.1 Å². The van der Waals surface area contributed by atoms with Gasteiger partial charge in [0.15, 0.2) is 0 Å². The maximum Gasteiger partial charge on any atom is 0.269 e. The Morgan fingerprint density at radius 3 is 2.48 bits per heavy atom. The Balaban J connectivity index is 1.89. The van der Waals surface area contributed by atoms with Gasteiger partial charge in [-0.3, -0.25) is 9.59 Å². The third-order valence-corrected chi connectivity index (χ3v) is 5.20. The van der Waals surface area contributed by atoms with Crippen molar-refractivity contribution in [2.75, 3.05) is 0 Å². The van der Waals surface area contributed by atoms with Gasteiger partial charge in [-0.15, -0.1) is 10.2 Å². The Morgan fingerprint density at radius 2 is 1.84 bits per heavy atom. The number of H-pyrrole nitrogens is 2. The van der Waals surface area contributed by atoms with E-state index in [9.17, 15) is 22.4 Å². The highest BCUT2D eigenvalue weighted by molar-refractivity contribution is 7.91. The van der Waals surface area contributed by atoms with Gasteiger partial charge < -0.3 is 4.98 Å². The summed E-state index contributed by atoms with van der Waals surface area (Å²) in [5.41, 5.74) is 0.0335. The molecule has 0 saturated carbocycles. The molecule has 0 spiro atoms. The average molecular weight is 363 g/mol. The molecule has 11 heteroatoms. The lowest BCUT2D eigenvalue weighted by molar-refractivity contribution is -0.114. The minimum Gasteiger partial charge on any atom is -0.364 e. The molecule has 2 aromatic heterocycles. The maximum absolute atomic E-state index is 13.0. The Kier molecular flexibility index (Phi) is 4.23. The summed E-state index contributed by atoms with van der Waals surface area (Å²) in [5.74, 6) is -2.87. The Bertz CT molecular complexity index is 1030. The van der Waals surface area contributed by atoms with E-state index in [2.05, 4.69) is 25.6 Å². The topological polar surface area (TPSA) is 139 Å². The molecule has 0 radical (unpaired) electrons. The smallest absolute Gasteiger partial charge is 0.269 e. The zero-order chi connectivity index (χ0) is 18.0. The Hall–Kier alpha value is -3.21. The molecule has 0 amide bonds. The van der Waals surface area contributed by atoms with Crippen LogP contribution in [0.4, 0.5) is 4.39 Å². The van der Waals surface area contributed by atoms with Crippen LogP contribution in [0.15, 0.2) is 46.3 Å². The molecule has 0 unspecified atom stereocenters. The van der Waals surface area contributed by atoms with Crippen molar-refractivity contribution in [1.82, 2.24) is 25.6 Å². The number of rotatable bonds is 6. The van der Waals surface area contributed by atoms with Crippen molar-refractivity contribution in [3.05, 3.63) is 53.9 Å². The largest absolute Gasteiger partial charge is 0.364 e. The quantitative estimate of drug-likeness (QED) is 0.369. The van der Waals surface area contributed by atoms with Crippen LogP contribution in [0.1, 0.15) is 16.3 Å². The fourth-order valence-electron chi connectivity index (χ4n) is 2.14. The van der Waals surface area contributed by atoms with E-state index in [4.69, 9.17) is 0 Å². The van der Waals surface area contributed by atoms with Gasteiger partial charge in [-0.25, -0.2) is 12.8 Å². The first-order valence-corrected chi connectivity index (χ1v) is 8.36. The summed E-state index contributed by atoms with van der Waals surface area (Å²) >= 11 is 0. The van der Waals surface area contributed by atoms with Gasteiger partial charge in [0.05, 0.1) is 16.2 Å². The first-order valence-electron chi connectivity index (χ1n) is 6.87. The van der Waals surface area contributed by atoms with E-state index in [0.717, 1.165) is 24.3 Å². The molecule has 0 fully saturated rings. The van der Waals surface area contributed by atoms with E-state index in [1.807, 2.05) is 0 Å².